The molecule has 6 aromatic carbocycles. The van der Waals surface area contributed by atoms with Crippen LogP contribution in [-0.2, 0) is 0 Å². The molecule has 0 aliphatic carbocycles. The van der Waals surface area contributed by atoms with Crippen LogP contribution in [0.25, 0.3) is 22.3 Å². The normalized spacial score (nSPS) is 10.3. The van der Waals surface area contributed by atoms with Gasteiger partial charge < -0.3 is 26.8 Å². The van der Waals surface area contributed by atoms with Crippen LogP contribution in [0.4, 0.5) is 34.1 Å². The summed E-state index contributed by atoms with van der Waals surface area (Å²) < 4.78 is 0. The molecule has 0 radical (unpaired) electrons. The molecule has 5 heteroatoms. The predicted molar refractivity (Wildman–Crippen MR) is 183 cm³/mol. The Labute approximate surface area is 253 Å². The maximum atomic E-state index is 11.5. The molecule has 0 spiro atoms. The predicted octanol–water partition coefficient (Wildman–Crippen LogP) is 9.48. The third kappa shape index (κ3) is 6.80. The van der Waals surface area contributed by atoms with Crippen LogP contribution in [0.1, 0.15) is 6.92 Å². The first-order valence-corrected chi connectivity index (χ1v) is 14.3. The highest BCUT2D eigenvalue weighted by molar-refractivity contribution is 5.91. The van der Waals surface area contributed by atoms with E-state index in [0.717, 1.165) is 45.0 Å². The number of phenols is 1. The number of nitrogens with two attached hydrogens (primary N) is 2. The minimum Gasteiger partial charge on any atom is -0.505 e. The van der Waals surface area contributed by atoms with Gasteiger partial charge in [-0.15, -0.1) is 0 Å². The molecular formula is C38H36N4O. The highest BCUT2D eigenvalue weighted by Crippen LogP contribution is 2.44. The highest BCUT2D eigenvalue weighted by atomic mass is 16.3. The van der Waals surface area contributed by atoms with Gasteiger partial charge in [0.15, 0.2) is 0 Å². The van der Waals surface area contributed by atoms with Crippen LogP contribution in [0.5, 0.6) is 5.75 Å². The van der Waals surface area contributed by atoms with Crippen LogP contribution >= 0.6 is 0 Å². The SMILES string of the molecule is CCN(c1ccccc1N)c1cccc(-c2ccccc2Nc2ccccc2-c2ccccc2)c1O.Nc1ccccc1. The number of hydrogen-bond donors (Lipinski definition) is 4. The van der Waals surface area contributed by atoms with Gasteiger partial charge in [-0.2, -0.15) is 0 Å². The number of nitrogen functional groups attached to an aromatic ring is 2. The molecule has 0 saturated heterocycles. The summed E-state index contributed by atoms with van der Waals surface area (Å²) in [6, 6.07) is 49.7. The zero-order valence-electron chi connectivity index (χ0n) is 24.2. The van der Waals surface area contributed by atoms with E-state index in [1.165, 1.54) is 0 Å². The second-order valence-corrected chi connectivity index (χ2v) is 9.97. The fourth-order valence-electron chi connectivity index (χ4n) is 5.06. The van der Waals surface area contributed by atoms with Gasteiger partial charge in [-0.05, 0) is 55.0 Å². The molecule has 0 aromatic heterocycles. The molecule has 214 valence electrons. The van der Waals surface area contributed by atoms with E-state index < -0.39 is 0 Å². The van der Waals surface area contributed by atoms with E-state index in [1.807, 2.05) is 132 Å². The monoisotopic (exact) mass is 564 g/mol. The molecule has 0 fully saturated rings. The Morgan fingerprint density at radius 1 is 0.535 bits per heavy atom. The number of rotatable bonds is 7. The molecule has 5 nitrogen and oxygen atoms in total. The van der Waals surface area contributed by atoms with Crippen molar-refractivity contribution < 1.29 is 5.11 Å². The van der Waals surface area contributed by atoms with Gasteiger partial charge in [0.05, 0.1) is 17.1 Å². The highest BCUT2D eigenvalue weighted by Gasteiger charge is 2.19. The number of phenolic OH excluding ortho intramolecular Hbond substituents is 1. The Morgan fingerprint density at radius 3 is 1.67 bits per heavy atom. The van der Waals surface area contributed by atoms with E-state index in [4.69, 9.17) is 11.5 Å². The fourth-order valence-corrected chi connectivity index (χ4v) is 5.06. The molecule has 0 bridgehead atoms. The number of anilines is 6. The average Bonchev–Trinajstić information content (AvgIpc) is 3.05. The van der Waals surface area contributed by atoms with Crippen molar-refractivity contribution in [3.05, 3.63) is 152 Å². The molecule has 0 amide bonds. The quantitative estimate of drug-likeness (QED) is 0.145. The van der Waals surface area contributed by atoms with Crippen LogP contribution in [0.2, 0.25) is 0 Å². The lowest BCUT2D eigenvalue weighted by Crippen LogP contribution is -2.17. The van der Waals surface area contributed by atoms with Crippen LogP contribution in [0, 0.1) is 0 Å². The Morgan fingerprint density at radius 2 is 1.05 bits per heavy atom. The number of hydrogen-bond acceptors (Lipinski definition) is 5. The summed E-state index contributed by atoms with van der Waals surface area (Å²) in [6.07, 6.45) is 0. The molecule has 0 saturated carbocycles. The molecule has 0 heterocycles. The molecular weight excluding hydrogens is 528 g/mol. The number of nitrogens with zero attached hydrogens (tertiary/aromatic N) is 1. The van der Waals surface area contributed by atoms with Crippen molar-refractivity contribution >= 4 is 34.1 Å². The summed E-state index contributed by atoms with van der Waals surface area (Å²) >= 11 is 0. The molecule has 0 atom stereocenters. The number of aromatic hydroxyl groups is 1. The summed E-state index contributed by atoms with van der Waals surface area (Å²) in [5.41, 5.74) is 20.5. The lowest BCUT2D eigenvalue weighted by molar-refractivity contribution is 0.477. The number of para-hydroxylation sites is 6. The van der Waals surface area contributed by atoms with Gasteiger partial charge in [-0.3, -0.25) is 0 Å². The lowest BCUT2D eigenvalue weighted by Gasteiger charge is -2.26. The van der Waals surface area contributed by atoms with Crippen molar-refractivity contribution in [2.24, 2.45) is 0 Å². The largest absolute Gasteiger partial charge is 0.505 e. The lowest BCUT2D eigenvalue weighted by atomic mass is 9.99. The van der Waals surface area contributed by atoms with Crippen molar-refractivity contribution in [3.63, 3.8) is 0 Å². The minimum atomic E-state index is 0.216. The molecule has 6 rings (SSSR count). The summed E-state index contributed by atoms with van der Waals surface area (Å²) in [5.74, 6) is 0.216. The van der Waals surface area contributed by atoms with Gasteiger partial charge in [0.25, 0.3) is 0 Å². The number of benzene rings is 6. The van der Waals surface area contributed by atoms with Gasteiger partial charge in [-0.25, -0.2) is 0 Å². The van der Waals surface area contributed by atoms with E-state index in [9.17, 15) is 5.11 Å². The van der Waals surface area contributed by atoms with E-state index in [-0.39, 0.29) is 5.75 Å². The molecule has 6 N–H and O–H groups in total. The maximum absolute atomic E-state index is 11.5. The molecule has 0 aliphatic heterocycles. The second-order valence-electron chi connectivity index (χ2n) is 9.97. The molecule has 6 aromatic rings. The van der Waals surface area contributed by atoms with Crippen LogP contribution in [0.15, 0.2) is 152 Å². The van der Waals surface area contributed by atoms with Gasteiger partial charge in [0.2, 0.25) is 0 Å². The van der Waals surface area contributed by atoms with Gasteiger partial charge in [0, 0.05) is 40.3 Å². The summed E-state index contributed by atoms with van der Waals surface area (Å²) in [7, 11) is 0. The zero-order chi connectivity index (χ0) is 30.0. The third-order valence-corrected chi connectivity index (χ3v) is 7.15. The van der Waals surface area contributed by atoms with Crippen LogP contribution < -0.4 is 21.7 Å². The Balaban J connectivity index is 0.000000463. The van der Waals surface area contributed by atoms with Gasteiger partial charge >= 0.3 is 0 Å². The first-order valence-electron chi connectivity index (χ1n) is 14.3. The second kappa shape index (κ2) is 13.8. The van der Waals surface area contributed by atoms with Crippen molar-refractivity contribution in [2.45, 2.75) is 6.92 Å². The molecule has 0 aliphatic rings. The van der Waals surface area contributed by atoms with Crippen molar-refractivity contribution in [1.29, 1.82) is 0 Å². The van der Waals surface area contributed by atoms with Crippen molar-refractivity contribution in [3.8, 4) is 28.0 Å². The number of nitrogens with one attached hydrogen (secondary N) is 1. The van der Waals surface area contributed by atoms with Gasteiger partial charge in [0.1, 0.15) is 5.75 Å². The topological polar surface area (TPSA) is 87.5 Å². The van der Waals surface area contributed by atoms with E-state index in [1.54, 1.807) is 0 Å². The van der Waals surface area contributed by atoms with E-state index in [0.29, 0.717) is 17.9 Å². The third-order valence-electron chi connectivity index (χ3n) is 7.15. The molecule has 0 unspecified atom stereocenters. The summed E-state index contributed by atoms with van der Waals surface area (Å²) in [6.45, 7) is 2.71. The van der Waals surface area contributed by atoms with Crippen molar-refractivity contribution in [1.82, 2.24) is 0 Å². The first kappa shape index (κ1) is 28.8. The maximum Gasteiger partial charge on any atom is 0.147 e. The Bertz CT molecular complexity index is 1770. The summed E-state index contributed by atoms with van der Waals surface area (Å²) in [5, 5.41) is 15.1. The summed E-state index contributed by atoms with van der Waals surface area (Å²) in [4.78, 5) is 2.04. The molecule has 43 heavy (non-hydrogen) atoms. The Kier molecular flexibility index (Phi) is 9.25. The minimum absolute atomic E-state index is 0.216. The van der Waals surface area contributed by atoms with E-state index >= 15 is 0 Å². The van der Waals surface area contributed by atoms with E-state index in [2.05, 4.69) is 36.5 Å². The smallest absolute Gasteiger partial charge is 0.147 e. The zero-order valence-corrected chi connectivity index (χ0v) is 24.2. The van der Waals surface area contributed by atoms with Crippen LogP contribution in [0.3, 0.4) is 0 Å². The van der Waals surface area contributed by atoms with Crippen molar-refractivity contribution in [2.75, 3.05) is 28.2 Å². The fraction of sp³-hybridized carbons (Fsp3) is 0.0526. The first-order chi connectivity index (χ1) is 21.1. The van der Waals surface area contributed by atoms with Crippen LogP contribution in [-0.4, -0.2) is 11.7 Å². The standard InChI is InChI=1S/C32H29N3O.C6H7N/c1-2-35(30-21-11-8-18-27(30)33)31-22-12-17-26(32(31)36)25-16-7-10-20-29(25)34-28-19-9-6-15-24(28)23-13-4-3-5-14-23;7-6-4-2-1-3-5-6/h3-22,34,36H,2,33H2,1H3;1-5H,7H2. The average molecular weight is 565 g/mol. The Hall–Kier alpha value is -5.68. The van der Waals surface area contributed by atoms with Gasteiger partial charge in [-0.1, -0.05) is 109 Å².